The summed E-state index contributed by atoms with van der Waals surface area (Å²) < 4.78 is 5.82. The van der Waals surface area contributed by atoms with Gasteiger partial charge in [-0.25, -0.2) is 9.97 Å². The molecular weight excluding hydrogens is 330 g/mol. The van der Waals surface area contributed by atoms with Gasteiger partial charge in [-0.3, -0.25) is 9.69 Å². The Balaban J connectivity index is 1.51. The molecule has 0 aromatic carbocycles. The summed E-state index contributed by atoms with van der Waals surface area (Å²) in [6.07, 6.45) is 2.12. The largest absolute Gasteiger partial charge is 0.375 e. The maximum absolute atomic E-state index is 12.7. The van der Waals surface area contributed by atoms with Crippen molar-refractivity contribution >= 4 is 11.7 Å². The summed E-state index contributed by atoms with van der Waals surface area (Å²) in [6, 6.07) is 0.500. The van der Waals surface area contributed by atoms with E-state index >= 15 is 0 Å². The molecule has 2 fully saturated rings. The van der Waals surface area contributed by atoms with Crippen molar-refractivity contribution in [3.8, 4) is 0 Å². The zero-order valence-corrected chi connectivity index (χ0v) is 16.4. The Hall–Kier alpha value is -1.73. The number of ether oxygens (including phenoxy) is 1. The first-order chi connectivity index (χ1) is 12.5. The summed E-state index contributed by atoms with van der Waals surface area (Å²) in [5, 5.41) is 0. The fourth-order valence-electron chi connectivity index (χ4n) is 3.67. The number of anilines is 1. The van der Waals surface area contributed by atoms with E-state index < -0.39 is 0 Å². The molecule has 1 amide bonds. The van der Waals surface area contributed by atoms with Crippen molar-refractivity contribution in [1.29, 1.82) is 0 Å². The van der Waals surface area contributed by atoms with Crippen molar-refractivity contribution < 1.29 is 9.53 Å². The second kappa shape index (κ2) is 8.31. The number of amides is 1. The monoisotopic (exact) mass is 361 g/mol. The van der Waals surface area contributed by atoms with Gasteiger partial charge in [0.05, 0.1) is 19.1 Å². The lowest BCUT2D eigenvalue weighted by Gasteiger charge is -2.38. The molecule has 0 bridgehead atoms. The molecule has 0 saturated carbocycles. The third-order valence-electron chi connectivity index (χ3n) is 5.54. The highest BCUT2D eigenvalue weighted by Gasteiger charge is 2.28. The van der Waals surface area contributed by atoms with Gasteiger partial charge in [0.25, 0.3) is 0 Å². The predicted molar refractivity (Wildman–Crippen MR) is 101 cm³/mol. The summed E-state index contributed by atoms with van der Waals surface area (Å²) in [7, 11) is 0. The molecule has 0 unspecified atom stereocenters. The Labute approximate surface area is 156 Å². The normalized spacial score (nSPS) is 22.1. The molecule has 2 aliphatic heterocycles. The number of rotatable bonds is 4. The molecule has 2 saturated heterocycles. The third kappa shape index (κ3) is 4.32. The van der Waals surface area contributed by atoms with E-state index in [2.05, 4.69) is 40.5 Å². The average molecular weight is 361 g/mol. The molecule has 0 spiro atoms. The summed E-state index contributed by atoms with van der Waals surface area (Å²) in [5.41, 5.74) is 2.13. The number of hydrogen-bond acceptors (Lipinski definition) is 6. The predicted octanol–water partition coefficient (Wildman–Crippen LogP) is 1.24. The molecule has 3 rings (SSSR count). The van der Waals surface area contributed by atoms with E-state index in [1.165, 1.54) is 0 Å². The van der Waals surface area contributed by atoms with Crippen LogP contribution in [0.4, 0.5) is 5.82 Å². The molecule has 1 aromatic rings. The van der Waals surface area contributed by atoms with E-state index in [1.54, 1.807) is 6.33 Å². The molecule has 0 radical (unpaired) electrons. The highest BCUT2D eigenvalue weighted by atomic mass is 16.5. The number of aromatic nitrogens is 2. The number of nitrogens with zero attached hydrogens (tertiary/aromatic N) is 5. The van der Waals surface area contributed by atoms with E-state index in [4.69, 9.17) is 4.74 Å². The van der Waals surface area contributed by atoms with E-state index in [0.29, 0.717) is 12.5 Å². The van der Waals surface area contributed by atoms with Crippen LogP contribution in [-0.2, 0) is 9.53 Å². The first kappa shape index (κ1) is 19.0. The van der Waals surface area contributed by atoms with Crippen LogP contribution in [0, 0.1) is 13.8 Å². The summed E-state index contributed by atoms with van der Waals surface area (Å²) >= 11 is 0. The second-order valence-electron chi connectivity index (χ2n) is 7.56. The SMILES string of the molecule is Cc1ncnc(N2CCN(C(=O)C[C@H]3CN(C(C)C)CCO3)CC2)c1C. The molecule has 26 heavy (non-hydrogen) atoms. The fraction of sp³-hybridized carbons (Fsp3) is 0.737. The standard InChI is InChI=1S/C19H31N5O2/c1-14(2)24-9-10-26-17(12-24)11-18(25)22-5-7-23(8-6-22)19-15(3)16(4)20-13-21-19/h13-14,17H,5-12H2,1-4H3/t17-/m0/s1. The maximum Gasteiger partial charge on any atom is 0.225 e. The van der Waals surface area contributed by atoms with Gasteiger partial charge in [0.15, 0.2) is 0 Å². The van der Waals surface area contributed by atoms with Crippen LogP contribution < -0.4 is 4.90 Å². The summed E-state index contributed by atoms with van der Waals surface area (Å²) in [6.45, 7) is 14.1. The summed E-state index contributed by atoms with van der Waals surface area (Å²) in [5.74, 6) is 1.20. The van der Waals surface area contributed by atoms with Crippen molar-refractivity contribution in [1.82, 2.24) is 19.8 Å². The van der Waals surface area contributed by atoms with Gasteiger partial charge in [-0.2, -0.15) is 0 Å². The molecule has 144 valence electrons. The van der Waals surface area contributed by atoms with Gasteiger partial charge >= 0.3 is 0 Å². The Bertz CT molecular complexity index is 628. The fourth-order valence-corrected chi connectivity index (χ4v) is 3.67. The lowest BCUT2D eigenvalue weighted by atomic mass is 10.1. The van der Waals surface area contributed by atoms with Gasteiger partial charge in [-0.05, 0) is 27.7 Å². The minimum absolute atomic E-state index is 0.0171. The highest BCUT2D eigenvalue weighted by molar-refractivity contribution is 5.77. The van der Waals surface area contributed by atoms with E-state index in [1.807, 2.05) is 11.8 Å². The lowest BCUT2D eigenvalue weighted by molar-refractivity contribution is -0.136. The Morgan fingerprint density at radius 1 is 1.19 bits per heavy atom. The quantitative estimate of drug-likeness (QED) is 0.804. The number of carbonyl (C=O) groups excluding carboxylic acids is 1. The van der Waals surface area contributed by atoms with Gasteiger partial charge in [0.2, 0.25) is 5.91 Å². The van der Waals surface area contributed by atoms with Crippen molar-refractivity contribution in [2.75, 3.05) is 50.8 Å². The van der Waals surface area contributed by atoms with Crippen LogP contribution in [-0.4, -0.2) is 83.7 Å². The molecular formula is C19H31N5O2. The van der Waals surface area contributed by atoms with Gasteiger partial charge in [-0.15, -0.1) is 0 Å². The third-order valence-corrected chi connectivity index (χ3v) is 5.54. The van der Waals surface area contributed by atoms with Crippen LogP contribution >= 0.6 is 0 Å². The smallest absolute Gasteiger partial charge is 0.225 e. The first-order valence-electron chi connectivity index (χ1n) is 9.62. The molecule has 1 aromatic heterocycles. The van der Waals surface area contributed by atoms with Crippen LogP contribution in [0.25, 0.3) is 0 Å². The number of carbonyl (C=O) groups is 1. The van der Waals surface area contributed by atoms with Gasteiger partial charge in [-0.1, -0.05) is 0 Å². The minimum atomic E-state index is 0.0171. The van der Waals surface area contributed by atoms with Crippen LogP contribution in [0.5, 0.6) is 0 Å². The van der Waals surface area contributed by atoms with Crippen molar-refractivity contribution in [3.63, 3.8) is 0 Å². The van der Waals surface area contributed by atoms with Crippen molar-refractivity contribution in [3.05, 3.63) is 17.6 Å². The van der Waals surface area contributed by atoms with Crippen LogP contribution in [0.1, 0.15) is 31.5 Å². The molecule has 2 aliphatic rings. The number of morpholine rings is 1. The van der Waals surface area contributed by atoms with E-state index in [-0.39, 0.29) is 12.0 Å². The Morgan fingerprint density at radius 2 is 1.92 bits per heavy atom. The van der Waals surface area contributed by atoms with Crippen LogP contribution in [0.15, 0.2) is 6.33 Å². The lowest BCUT2D eigenvalue weighted by Crippen LogP contribution is -2.51. The molecule has 0 aliphatic carbocycles. The zero-order valence-electron chi connectivity index (χ0n) is 16.4. The van der Waals surface area contributed by atoms with E-state index in [9.17, 15) is 4.79 Å². The maximum atomic E-state index is 12.7. The zero-order chi connectivity index (χ0) is 18.7. The minimum Gasteiger partial charge on any atom is -0.375 e. The number of aryl methyl sites for hydroxylation is 1. The molecule has 1 atom stereocenters. The molecule has 7 heteroatoms. The van der Waals surface area contributed by atoms with E-state index in [0.717, 1.165) is 63.0 Å². The topological polar surface area (TPSA) is 61.8 Å². The number of piperazine rings is 1. The van der Waals surface area contributed by atoms with Gasteiger partial charge < -0.3 is 14.5 Å². The molecule has 7 nitrogen and oxygen atoms in total. The van der Waals surface area contributed by atoms with Crippen LogP contribution in [0.3, 0.4) is 0 Å². The summed E-state index contributed by atoms with van der Waals surface area (Å²) in [4.78, 5) is 28.0. The Morgan fingerprint density at radius 3 is 2.62 bits per heavy atom. The second-order valence-corrected chi connectivity index (χ2v) is 7.56. The van der Waals surface area contributed by atoms with Gasteiger partial charge in [0, 0.05) is 56.6 Å². The molecule has 0 N–H and O–H groups in total. The number of hydrogen-bond donors (Lipinski definition) is 0. The van der Waals surface area contributed by atoms with Crippen molar-refractivity contribution in [2.45, 2.75) is 46.3 Å². The highest BCUT2D eigenvalue weighted by Crippen LogP contribution is 2.20. The first-order valence-corrected chi connectivity index (χ1v) is 9.62. The van der Waals surface area contributed by atoms with Crippen molar-refractivity contribution in [2.24, 2.45) is 0 Å². The van der Waals surface area contributed by atoms with Crippen LogP contribution in [0.2, 0.25) is 0 Å². The Kier molecular flexibility index (Phi) is 6.09. The average Bonchev–Trinajstić information content (AvgIpc) is 2.64. The molecule has 3 heterocycles. The van der Waals surface area contributed by atoms with Gasteiger partial charge in [0.1, 0.15) is 12.1 Å².